The van der Waals surface area contributed by atoms with Crippen LogP contribution in [0, 0.1) is 0 Å². The number of hydrazone groups is 1. The van der Waals surface area contributed by atoms with Gasteiger partial charge in [0.15, 0.2) is 11.0 Å². The molecule has 0 radical (unpaired) electrons. The molecule has 10 heteroatoms. The third-order valence-electron chi connectivity index (χ3n) is 5.50. The first-order chi connectivity index (χ1) is 18.0. The zero-order valence-corrected chi connectivity index (χ0v) is 21.5. The molecule has 0 saturated heterocycles. The van der Waals surface area contributed by atoms with Gasteiger partial charge in [-0.05, 0) is 84.8 Å². The van der Waals surface area contributed by atoms with Crippen molar-refractivity contribution in [2.45, 2.75) is 18.5 Å². The van der Waals surface area contributed by atoms with Crippen LogP contribution in [0.5, 0.6) is 17.2 Å². The van der Waals surface area contributed by atoms with Gasteiger partial charge in [0, 0.05) is 11.3 Å². The third kappa shape index (κ3) is 6.28. The molecule has 1 aromatic heterocycles. The smallest absolute Gasteiger partial charge is 0.250 e. The number of carbonyl (C=O) groups excluding carboxylic acids is 1. The molecule has 9 nitrogen and oxygen atoms in total. The monoisotopic (exact) mass is 517 g/mol. The highest BCUT2D eigenvalue weighted by Crippen LogP contribution is 2.29. The van der Waals surface area contributed by atoms with Gasteiger partial charge in [-0.1, -0.05) is 18.7 Å². The van der Waals surface area contributed by atoms with E-state index in [0.29, 0.717) is 23.1 Å². The van der Waals surface area contributed by atoms with Gasteiger partial charge in [0.05, 0.1) is 25.7 Å². The number of nitrogens with one attached hydrogen (secondary N) is 1. The summed E-state index contributed by atoms with van der Waals surface area (Å²) in [6.45, 7) is 1.95. The highest BCUT2D eigenvalue weighted by Gasteiger charge is 2.18. The molecular formula is C27H27N5O4S. The van der Waals surface area contributed by atoms with E-state index in [2.05, 4.69) is 20.7 Å². The van der Waals surface area contributed by atoms with Crippen LogP contribution in [0.3, 0.4) is 0 Å². The first-order valence-corrected chi connectivity index (χ1v) is 12.5. The minimum Gasteiger partial charge on any atom is -0.508 e. The van der Waals surface area contributed by atoms with Crippen molar-refractivity contribution in [1.82, 2.24) is 20.2 Å². The molecule has 2 N–H and O–H groups in total. The van der Waals surface area contributed by atoms with Crippen molar-refractivity contribution in [3.8, 4) is 34.3 Å². The first kappa shape index (κ1) is 25.8. The number of nitrogens with zero attached hydrogens (tertiary/aromatic N) is 4. The Morgan fingerprint density at radius 1 is 0.946 bits per heavy atom. The van der Waals surface area contributed by atoms with Crippen molar-refractivity contribution < 1.29 is 19.4 Å². The highest BCUT2D eigenvalue weighted by molar-refractivity contribution is 7.99. The molecule has 190 valence electrons. The quantitative estimate of drug-likeness (QED) is 0.179. The number of aromatic hydroxyl groups is 1. The fraction of sp³-hybridized carbons (Fsp3) is 0.185. The van der Waals surface area contributed by atoms with E-state index in [9.17, 15) is 9.90 Å². The van der Waals surface area contributed by atoms with Crippen LogP contribution in [0.15, 0.2) is 83.1 Å². The lowest BCUT2D eigenvalue weighted by Gasteiger charge is -2.11. The Labute approximate surface area is 219 Å². The van der Waals surface area contributed by atoms with Crippen LogP contribution in [0.2, 0.25) is 0 Å². The standard InChI is InChI=1S/C27H27N5O4S/c1-4-24(18-5-11-21(33)12-6-18)28-29-25(34)17-37-27-31-30-26(19-7-13-22(35-2)14-8-19)32(27)20-9-15-23(36-3)16-10-20/h5-16,33H,4,17H2,1-3H3,(H,29,34)/b28-24+. The molecule has 0 saturated carbocycles. The van der Waals surface area contributed by atoms with E-state index in [-0.39, 0.29) is 17.4 Å². The van der Waals surface area contributed by atoms with Crippen molar-refractivity contribution in [3.63, 3.8) is 0 Å². The molecule has 1 heterocycles. The van der Waals surface area contributed by atoms with Gasteiger partial charge >= 0.3 is 0 Å². The molecule has 4 rings (SSSR count). The molecule has 0 unspecified atom stereocenters. The minimum atomic E-state index is -0.273. The summed E-state index contributed by atoms with van der Waals surface area (Å²) < 4.78 is 12.5. The summed E-state index contributed by atoms with van der Waals surface area (Å²) in [6.07, 6.45) is 0.620. The van der Waals surface area contributed by atoms with E-state index in [1.54, 1.807) is 38.5 Å². The van der Waals surface area contributed by atoms with Crippen molar-refractivity contribution in [2.75, 3.05) is 20.0 Å². The number of phenolic OH excluding ortho intramolecular Hbond substituents is 1. The fourth-order valence-electron chi connectivity index (χ4n) is 3.55. The predicted octanol–water partition coefficient (Wildman–Crippen LogP) is 4.68. The molecule has 0 fully saturated rings. The Morgan fingerprint density at radius 3 is 2.16 bits per heavy atom. The van der Waals surface area contributed by atoms with Crippen molar-refractivity contribution in [3.05, 3.63) is 78.4 Å². The Hall–Kier alpha value is -4.31. The van der Waals surface area contributed by atoms with Crippen LogP contribution in [0.4, 0.5) is 0 Å². The van der Waals surface area contributed by atoms with Gasteiger partial charge in [-0.25, -0.2) is 5.43 Å². The molecule has 0 aliphatic heterocycles. The summed E-state index contributed by atoms with van der Waals surface area (Å²) in [5, 5.41) is 23.1. The third-order valence-corrected chi connectivity index (χ3v) is 6.42. The summed E-state index contributed by atoms with van der Waals surface area (Å²) in [5.41, 5.74) is 5.85. The molecule has 3 aromatic carbocycles. The number of aromatic nitrogens is 3. The molecule has 0 aliphatic carbocycles. The number of benzene rings is 3. The molecule has 4 aromatic rings. The van der Waals surface area contributed by atoms with Crippen LogP contribution < -0.4 is 14.9 Å². The second-order valence-corrected chi connectivity index (χ2v) is 8.79. The van der Waals surface area contributed by atoms with Gasteiger partial charge in [-0.15, -0.1) is 10.2 Å². The summed E-state index contributed by atoms with van der Waals surface area (Å²) in [6, 6.07) is 21.8. The molecule has 0 bridgehead atoms. The van der Waals surface area contributed by atoms with Crippen LogP contribution >= 0.6 is 11.8 Å². The van der Waals surface area contributed by atoms with Crippen molar-refractivity contribution in [1.29, 1.82) is 0 Å². The maximum Gasteiger partial charge on any atom is 0.250 e. The average molecular weight is 518 g/mol. The second-order valence-electron chi connectivity index (χ2n) is 7.85. The van der Waals surface area contributed by atoms with Crippen LogP contribution in [0.25, 0.3) is 17.1 Å². The van der Waals surface area contributed by atoms with Crippen molar-refractivity contribution >= 4 is 23.4 Å². The summed E-state index contributed by atoms with van der Waals surface area (Å²) in [4.78, 5) is 12.6. The maximum absolute atomic E-state index is 12.6. The molecule has 1 amide bonds. The Morgan fingerprint density at radius 2 is 1.57 bits per heavy atom. The van der Waals surface area contributed by atoms with Crippen molar-refractivity contribution in [2.24, 2.45) is 5.10 Å². The first-order valence-electron chi connectivity index (χ1n) is 11.5. The normalized spacial score (nSPS) is 11.3. The van der Waals surface area contributed by atoms with Gasteiger partial charge in [0.25, 0.3) is 5.91 Å². The predicted molar refractivity (Wildman–Crippen MR) is 144 cm³/mol. The molecule has 0 spiro atoms. The Balaban J connectivity index is 1.55. The van der Waals surface area contributed by atoms with E-state index >= 15 is 0 Å². The molecular weight excluding hydrogens is 490 g/mol. The Bertz CT molecular complexity index is 1370. The maximum atomic E-state index is 12.6. The number of hydrogen-bond donors (Lipinski definition) is 2. The SMILES string of the molecule is CC/C(=N\NC(=O)CSc1nnc(-c2ccc(OC)cc2)n1-c1ccc(OC)cc1)c1ccc(O)cc1. The number of hydrogen-bond acceptors (Lipinski definition) is 8. The topological polar surface area (TPSA) is 111 Å². The summed E-state index contributed by atoms with van der Waals surface area (Å²) in [7, 11) is 3.23. The van der Waals surface area contributed by atoms with Crippen LogP contribution in [-0.4, -0.2) is 51.5 Å². The van der Waals surface area contributed by atoms with E-state index in [4.69, 9.17) is 9.47 Å². The largest absolute Gasteiger partial charge is 0.508 e. The minimum absolute atomic E-state index is 0.0903. The van der Waals surface area contributed by atoms with Gasteiger partial charge < -0.3 is 14.6 Å². The van der Waals surface area contributed by atoms with Gasteiger partial charge in [-0.2, -0.15) is 5.10 Å². The molecule has 0 aliphatic rings. The summed E-state index contributed by atoms with van der Waals surface area (Å²) >= 11 is 1.26. The number of methoxy groups -OCH3 is 2. The lowest BCUT2D eigenvalue weighted by molar-refractivity contribution is -0.118. The Kier molecular flexibility index (Phi) is 8.42. The van der Waals surface area contributed by atoms with E-state index in [0.717, 1.165) is 28.3 Å². The molecule has 0 atom stereocenters. The number of rotatable bonds is 10. The van der Waals surface area contributed by atoms with E-state index < -0.39 is 0 Å². The second kappa shape index (κ2) is 12.1. The van der Waals surface area contributed by atoms with Crippen LogP contribution in [-0.2, 0) is 4.79 Å². The average Bonchev–Trinajstić information content (AvgIpc) is 3.37. The number of ether oxygens (including phenoxy) is 2. The zero-order chi connectivity index (χ0) is 26.2. The number of carbonyl (C=O) groups is 1. The van der Waals surface area contributed by atoms with Gasteiger partial charge in [-0.3, -0.25) is 9.36 Å². The van der Waals surface area contributed by atoms with Gasteiger partial charge in [0.1, 0.15) is 17.2 Å². The van der Waals surface area contributed by atoms with Gasteiger partial charge in [0.2, 0.25) is 0 Å². The number of thioether (sulfide) groups is 1. The molecule has 37 heavy (non-hydrogen) atoms. The van der Waals surface area contributed by atoms with E-state index in [1.807, 2.05) is 60.0 Å². The number of phenols is 1. The highest BCUT2D eigenvalue weighted by atomic mass is 32.2. The fourth-order valence-corrected chi connectivity index (χ4v) is 4.29. The summed E-state index contributed by atoms with van der Waals surface area (Å²) in [5.74, 6) is 2.10. The number of amides is 1. The lowest BCUT2D eigenvalue weighted by Crippen LogP contribution is -2.22. The lowest BCUT2D eigenvalue weighted by atomic mass is 10.1. The van der Waals surface area contributed by atoms with Crippen LogP contribution in [0.1, 0.15) is 18.9 Å². The zero-order valence-electron chi connectivity index (χ0n) is 20.7. The van der Waals surface area contributed by atoms with E-state index in [1.165, 1.54) is 11.8 Å².